The van der Waals surface area contributed by atoms with E-state index in [0.717, 1.165) is 49.1 Å². The van der Waals surface area contributed by atoms with Crippen molar-refractivity contribution in [3.05, 3.63) is 48.3 Å². The van der Waals surface area contributed by atoms with Gasteiger partial charge >= 0.3 is 6.09 Å². The van der Waals surface area contributed by atoms with Crippen LogP contribution in [0.3, 0.4) is 0 Å². The van der Waals surface area contributed by atoms with E-state index >= 15 is 0 Å². The fourth-order valence-electron chi connectivity index (χ4n) is 3.66. The molecule has 1 aromatic heterocycles. The summed E-state index contributed by atoms with van der Waals surface area (Å²) in [5.41, 5.74) is 3.43. The minimum atomic E-state index is -0.932. The van der Waals surface area contributed by atoms with E-state index in [0.29, 0.717) is 18.5 Å². The molecule has 6 nitrogen and oxygen atoms in total. The highest BCUT2D eigenvalue weighted by Crippen LogP contribution is 2.27. The molecule has 6 heteroatoms. The zero-order chi connectivity index (χ0) is 19.1. The lowest BCUT2D eigenvalue weighted by atomic mass is 9.86. The van der Waals surface area contributed by atoms with Gasteiger partial charge < -0.3 is 20.5 Å². The van der Waals surface area contributed by atoms with Crippen LogP contribution < -0.4 is 15.4 Å². The van der Waals surface area contributed by atoms with Gasteiger partial charge in [0, 0.05) is 31.5 Å². The first-order chi connectivity index (χ1) is 13.1. The summed E-state index contributed by atoms with van der Waals surface area (Å²) in [4.78, 5) is 14.7. The molecule has 0 radical (unpaired) electrons. The van der Waals surface area contributed by atoms with Crippen LogP contribution in [0.15, 0.2) is 42.7 Å². The number of nitrogens with one attached hydrogen (secondary N) is 2. The van der Waals surface area contributed by atoms with E-state index in [1.165, 1.54) is 5.56 Å². The number of ether oxygens (including phenoxy) is 1. The monoisotopic (exact) mass is 369 g/mol. The van der Waals surface area contributed by atoms with Crippen LogP contribution in [0.5, 0.6) is 5.75 Å². The Balaban J connectivity index is 1.56. The van der Waals surface area contributed by atoms with Crippen molar-refractivity contribution in [1.82, 2.24) is 15.6 Å². The lowest BCUT2D eigenvalue weighted by Crippen LogP contribution is -2.36. The third-order valence-electron chi connectivity index (χ3n) is 5.20. The minimum Gasteiger partial charge on any atom is -0.497 e. The number of pyridine rings is 1. The molecule has 144 valence electrons. The number of carbonyl (C=O) groups is 1. The van der Waals surface area contributed by atoms with Gasteiger partial charge in [0.2, 0.25) is 0 Å². The molecule has 3 rings (SSSR count). The van der Waals surface area contributed by atoms with Gasteiger partial charge in [-0.15, -0.1) is 0 Å². The molecular formula is C21H27N3O3. The van der Waals surface area contributed by atoms with Gasteiger partial charge in [0.15, 0.2) is 0 Å². The van der Waals surface area contributed by atoms with Crippen LogP contribution in [0.25, 0.3) is 11.1 Å². The third kappa shape index (κ3) is 5.69. The summed E-state index contributed by atoms with van der Waals surface area (Å²) < 4.78 is 5.47. The molecule has 0 spiro atoms. The van der Waals surface area contributed by atoms with Crippen LogP contribution in [-0.2, 0) is 6.54 Å². The normalized spacial score (nSPS) is 19.4. The second-order valence-corrected chi connectivity index (χ2v) is 7.09. The average molecular weight is 369 g/mol. The number of rotatable bonds is 7. The summed E-state index contributed by atoms with van der Waals surface area (Å²) >= 11 is 0. The first-order valence-electron chi connectivity index (χ1n) is 9.42. The quantitative estimate of drug-likeness (QED) is 0.693. The molecule has 2 aromatic rings. The number of hydrogen-bond donors (Lipinski definition) is 3. The summed E-state index contributed by atoms with van der Waals surface area (Å²) in [7, 11) is 1.69. The van der Waals surface area contributed by atoms with Crippen molar-refractivity contribution < 1.29 is 14.6 Å². The van der Waals surface area contributed by atoms with E-state index < -0.39 is 6.09 Å². The van der Waals surface area contributed by atoms with Crippen LogP contribution >= 0.6 is 0 Å². The standard InChI is InChI=1S/C21H27N3O3/c1-27-20-11-16(10-18(12-20)17-6-8-22-9-7-17)14-23-19-4-2-15(3-5-19)13-24-21(25)26/h6-12,15,19,23-24H,2-5,13-14H2,1H3,(H,25,26). The van der Waals surface area contributed by atoms with E-state index in [-0.39, 0.29) is 0 Å². The Hall–Kier alpha value is -2.60. The molecule has 0 bridgehead atoms. The van der Waals surface area contributed by atoms with Gasteiger partial charge in [0.1, 0.15) is 5.75 Å². The second kappa shape index (κ2) is 9.37. The Morgan fingerprint density at radius 1 is 1.15 bits per heavy atom. The molecule has 0 atom stereocenters. The smallest absolute Gasteiger partial charge is 0.404 e. The number of hydrogen-bond acceptors (Lipinski definition) is 4. The molecule has 1 aliphatic rings. The van der Waals surface area contributed by atoms with Crippen molar-refractivity contribution in [3.8, 4) is 16.9 Å². The highest BCUT2D eigenvalue weighted by molar-refractivity contribution is 5.65. The van der Waals surface area contributed by atoms with Gasteiger partial charge in [-0.25, -0.2) is 4.79 Å². The maximum absolute atomic E-state index is 10.6. The average Bonchev–Trinajstić information content (AvgIpc) is 2.72. The molecule has 1 amide bonds. The van der Waals surface area contributed by atoms with Crippen molar-refractivity contribution in [2.24, 2.45) is 5.92 Å². The van der Waals surface area contributed by atoms with Gasteiger partial charge in [0.25, 0.3) is 0 Å². The zero-order valence-corrected chi connectivity index (χ0v) is 15.6. The number of nitrogens with zero attached hydrogens (tertiary/aromatic N) is 1. The topological polar surface area (TPSA) is 83.5 Å². The number of amides is 1. The van der Waals surface area contributed by atoms with Crippen molar-refractivity contribution in [2.45, 2.75) is 38.3 Å². The van der Waals surface area contributed by atoms with Gasteiger partial charge in [-0.3, -0.25) is 4.98 Å². The molecule has 1 fully saturated rings. The Labute approximate surface area is 160 Å². The van der Waals surface area contributed by atoms with E-state index in [9.17, 15) is 4.79 Å². The summed E-state index contributed by atoms with van der Waals surface area (Å²) in [6.07, 6.45) is 6.92. The lowest BCUT2D eigenvalue weighted by molar-refractivity contribution is 0.189. The second-order valence-electron chi connectivity index (χ2n) is 7.09. The predicted molar refractivity (Wildman–Crippen MR) is 105 cm³/mol. The molecule has 27 heavy (non-hydrogen) atoms. The van der Waals surface area contributed by atoms with Gasteiger partial charge in [-0.05, 0) is 78.6 Å². The molecule has 3 N–H and O–H groups in total. The van der Waals surface area contributed by atoms with E-state index in [4.69, 9.17) is 9.84 Å². The number of carboxylic acid groups (broad SMARTS) is 1. The highest BCUT2D eigenvalue weighted by Gasteiger charge is 2.21. The predicted octanol–water partition coefficient (Wildman–Crippen LogP) is 3.67. The fraction of sp³-hybridized carbons (Fsp3) is 0.429. The third-order valence-corrected chi connectivity index (χ3v) is 5.20. The summed E-state index contributed by atoms with van der Waals surface area (Å²) in [5.74, 6) is 1.30. The molecule has 0 unspecified atom stereocenters. The van der Waals surface area contributed by atoms with Crippen LogP contribution in [-0.4, -0.2) is 35.9 Å². The molecule has 1 saturated carbocycles. The number of benzene rings is 1. The minimum absolute atomic E-state index is 0.453. The highest BCUT2D eigenvalue weighted by atomic mass is 16.5. The molecule has 1 aliphatic carbocycles. The maximum Gasteiger partial charge on any atom is 0.404 e. The van der Waals surface area contributed by atoms with Crippen LogP contribution in [0.4, 0.5) is 4.79 Å². The molecule has 1 heterocycles. The van der Waals surface area contributed by atoms with Crippen molar-refractivity contribution in [3.63, 3.8) is 0 Å². The van der Waals surface area contributed by atoms with E-state index in [1.54, 1.807) is 19.5 Å². The van der Waals surface area contributed by atoms with Crippen molar-refractivity contribution in [1.29, 1.82) is 0 Å². The molecular weight excluding hydrogens is 342 g/mol. The number of methoxy groups -OCH3 is 1. The molecule has 0 saturated heterocycles. The van der Waals surface area contributed by atoms with Gasteiger partial charge in [-0.2, -0.15) is 0 Å². The van der Waals surface area contributed by atoms with E-state index in [2.05, 4.69) is 27.8 Å². The Morgan fingerprint density at radius 3 is 2.56 bits per heavy atom. The number of aromatic nitrogens is 1. The van der Waals surface area contributed by atoms with Gasteiger partial charge in [-0.1, -0.05) is 0 Å². The molecule has 0 aliphatic heterocycles. The first kappa shape index (κ1) is 19.2. The van der Waals surface area contributed by atoms with Gasteiger partial charge in [0.05, 0.1) is 7.11 Å². The van der Waals surface area contributed by atoms with Crippen LogP contribution in [0, 0.1) is 5.92 Å². The molecule has 1 aromatic carbocycles. The zero-order valence-electron chi connectivity index (χ0n) is 15.6. The first-order valence-corrected chi connectivity index (χ1v) is 9.42. The van der Waals surface area contributed by atoms with Crippen LogP contribution in [0.2, 0.25) is 0 Å². The van der Waals surface area contributed by atoms with Crippen LogP contribution in [0.1, 0.15) is 31.2 Å². The Bertz CT molecular complexity index is 744. The largest absolute Gasteiger partial charge is 0.497 e. The fourth-order valence-corrected chi connectivity index (χ4v) is 3.66. The van der Waals surface area contributed by atoms with E-state index in [1.807, 2.05) is 18.2 Å². The Kier molecular flexibility index (Phi) is 6.65. The SMILES string of the molecule is COc1cc(CNC2CCC(CNC(=O)O)CC2)cc(-c2ccncc2)c1. The maximum atomic E-state index is 10.6. The van der Waals surface area contributed by atoms with Crippen molar-refractivity contribution >= 4 is 6.09 Å². The Morgan fingerprint density at radius 2 is 1.89 bits per heavy atom. The lowest BCUT2D eigenvalue weighted by Gasteiger charge is -2.29. The summed E-state index contributed by atoms with van der Waals surface area (Å²) in [6, 6.07) is 10.8. The summed E-state index contributed by atoms with van der Waals surface area (Å²) in [5, 5.41) is 14.9. The van der Waals surface area contributed by atoms with Crippen molar-refractivity contribution in [2.75, 3.05) is 13.7 Å². The summed E-state index contributed by atoms with van der Waals surface area (Å²) in [6.45, 7) is 1.35.